The molecule has 0 bridgehead atoms. The molecule has 0 aliphatic carbocycles. The second-order valence-electron chi connectivity index (χ2n) is 12.9. The van der Waals surface area contributed by atoms with Gasteiger partial charge in [0.1, 0.15) is 10.1 Å². The molecule has 0 saturated carbocycles. The van der Waals surface area contributed by atoms with E-state index < -0.39 is 32.5 Å². The molecular formula is C40H65NaO7S. The van der Waals surface area contributed by atoms with E-state index in [2.05, 4.69) is 38.2 Å². The zero-order valence-electron chi connectivity index (χ0n) is 31.2. The summed E-state index contributed by atoms with van der Waals surface area (Å²) in [7, 11) is -5.01. The van der Waals surface area contributed by atoms with E-state index in [1.807, 2.05) is 0 Å². The van der Waals surface area contributed by atoms with E-state index in [1.54, 1.807) is 0 Å². The number of ether oxygens (including phenoxy) is 2. The van der Waals surface area contributed by atoms with Gasteiger partial charge in [-0.1, -0.05) is 147 Å². The fraction of sp³-hybridized carbons (Fsp3) is 0.700. The Morgan fingerprint density at radius 3 is 1.35 bits per heavy atom. The summed E-state index contributed by atoms with van der Waals surface area (Å²) in [5.74, 6) is -1.82. The number of hydrogen-bond donors (Lipinski definition) is 0. The van der Waals surface area contributed by atoms with Crippen molar-refractivity contribution in [2.45, 2.75) is 173 Å². The second-order valence-corrected chi connectivity index (χ2v) is 14.2. The van der Waals surface area contributed by atoms with Gasteiger partial charge < -0.3 is 14.0 Å². The molecule has 0 radical (unpaired) electrons. The number of carbonyl (C=O) groups excluding carboxylic acids is 2. The molecule has 0 saturated heterocycles. The van der Waals surface area contributed by atoms with Gasteiger partial charge in [-0.2, -0.15) is 0 Å². The molecule has 0 aromatic heterocycles. The van der Waals surface area contributed by atoms with Gasteiger partial charge in [-0.25, -0.2) is 18.0 Å². The van der Waals surface area contributed by atoms with Crippen molar-refractivity contribution in [1.82, 2.24) is 0 Å². The van der Waals surface area contributed by atoms with Gasteiger partial charge in [-0.3, -0.25) is 0 Å². The summed E-state index contributed by atoms with van der Waals surface area (Å²) in [5, 5.41) is 0. The molecule has 9 heteroatoms. The first-order chi connectivity index (χ1) is 23.3. The van der Waals surface area contributed by atoms with Crippen LogP contribution in [-0.2, 0) is 19.6 Å². The van der Waals surface area contributed by atoms with Crippen LogP contribution in [0.3, 0.4) is 0 Å². The molecule has 49 heavy (non-hydrogen) atoms. The maximum atomic E-state index is 12.9. The molecule has 0 N–H and O–H groups in total. The Hall–Kier alpha value is -1.45. The minimum Gasteiger partial charge on any atom is -0.744 e. The third-order valence-corrected chi connectivity index (χ3v) is 9.34. The third kappa shape index (κ3) is 25.2. The SMILES string of the molecule is CCC/C=C/CCCCCCCCCCCOC(=O)c1cccc(S(=O)(=O)[O-])c1C(=O)OCCCCCCCCCCC/C=C/CCC.[Na+]. The Labute approximate surface area is 321 Å². The number of esters is 2. The molecule has 0 heterocycles. The maximum Gasteiger partial charge on any atom is 1.00 e. The van der Waals surface area contributed by atoms with Gasteiger partial charge in [-0.05, 0) is 63.5 Å². The number of allylic oxidation sites excluding steroid dienone is 4. The van der Waals surface area contributed by atoms with E-state index in [0.717, 1.165) is 44.6 Å². The first-order valence-electron chi connectivity index (χ1n) is 19.1. The summed E-state index contributed by atoms with van der Waals surface area (Å²) in [4.78, 5) is 25.0. The average Bonchev–Trinajstić information content (AvgIpc) is 3.07. The molecule has 0 fully saturated rings. The fourth-order valence-corrected chi connectivity index (χ4v) is 6.30. The molecule has 0 unspecified atom stereocenters. The quantitative estimate of drug-likeness (QED) is 0.0250. The van der Waals surface area contributed by atoms with Crippen LogP contribution in [0.4, 0.5) is 0 Å². The number of benzene rings is 1. The molecule has 0 spiro atoms. The van der Waals surface area contributed by atoms with E-state index in [4.69, 9.17) is 9.47 Å². The molecule has 0 amide bonds. The number of hydrogen-bond acceptors (Lipinski definition) is 7. The molecule has 0 aliphatic rings. The van der Waals surface area contributed by atoms with Gasteiger partial charge in [0.2, 0.25) is 0 Å². The summed E-state index contributed by atoms with van der Waals surface area (Å²) in [6, 6.07) is 3.60. The van der Waals surface area contributed by atoms with Gasteiger partial charge in [-0.15, -0.1) is 0 Å². The normalized spacial score (nSPS) is 11.7. The minimum absolute atomic E-state index is 0. The summed E-state index contributed by atoms with van der Waals surface area (Å²) >= 11 is 0. The summed E-state index contributed by atoms with van der Waals surface area (Å²) in [5.41, 5.74) is -0.787. The van der Waals surface area contributed by atoms with Crippen molar-refractivity contribution >= 4 is 22.1 Å². The standard InChI is InChI=1S/C40H66O7S.Na/c1-3-5-7-9-11-13-15-17-19-21-23-25-27-29-34-46-39(41)36-32-31-33-37(48(43,44)45)38(36)40(42)47-35-30-28-26-24-22-20-18-16-14-12-10-8-6-4-2;/h7-10,31-33H,3-6,11-30,34-35H2,1-2H3,(H,43,44,45);/q;+1/p-1/b9-7+,10-8+;. The van der Waals surface area contributed by atoms with E-state index in [9.17, 15) is 22.6 Å². The predicted octanol–water partition coefficient (Wildman–Crippen LogP) is 8.42. The van der Waals surface area contributed by atoms with Crippen molar-refractivity contribution in [1.29, 1.82) is 0 Å². The molecule has 7 nitrogen and oxygen atoms in total. The molecule has 0 atom stereocenters. The molecule has 0 aliphatic heterocycles. The molecular weight excluding hydrogens is 647 g/mol. The Morgan fingerprint density at radius 1 is 0.571 bits per heavy atom. The second kappa shape index (κ2) is 32.5. The Bertz CT molecular complexity index is 1150. The predicted molar refractivity (Wildman–Crippen MR) is 195 cm³/mol. The molecule has 274 valence electrons. The zero-order chi connectivity index (χ0) is 35.1. The number of carbonyl (C=O) groups is 2. The van der Waals surface area contributed by atoms with Gasteiger partial charge >= 0.3 is 41.5 Å². The van der Waals surface area contributed by atoms with Crippen LogP contribution in [0.25, 0.3) is 0 Å². The smallest absolute Gasteiger partial charge is 0.744 e. The topological polar surface area (TPSA) is 110 Å². The zero-order valence-corrected chi connectivity index (χ0v) is 34.0. The van der Waals surface area contributed by atoms with E-state index in [1.165, 1.54) is 115 Å². The maximum absolute atomic E-state index is 12.9. The monoisotopic (exact) mass is 712 g/mol. The van der Waals surface area contributed by atoms with Crippen LogP contribution in [0.5, 0.6) is 0 Å². The largest absolute Gasteiger partial charge is 1.00 e. The first-order valence-corrected chi connectivity index (χ1v) is 20.5. The van der Waals surface area contributed by atoms with E-state index in [-0.39, 0.29) is 48.3 Å². The van der Waals surface area contributed by atoms with Crippen LogP contribution < -0.4 is 29.6 Å². The Morgan fingerprint density at radius 2 is 0.939 bits per heavy atom. The van der Waals surface area contributed by atoms with Crippen LogP contribution in [0.15, 0.2) is 47.4 Å². The summed E-state index contributed by atoms with van der Waals surface area (Å²) in [6.45, 7) is 4.63. The van der Waals surface area contributed by atoms with Crippen molar-refractivity contribution < 1.29 is 61.6 Å². The Balaban J connectivity index is 0.0000230. The molecule has 1 aromatic rings. The van der Waals surface area contributed by atoms with Gasteiger partial charge in [0.15, 0.2) is 0 Å². The van der Waals surface area contributed by atoms with Gasteiger partial charge in [0, 0.05) is 0 Å². The fourth-order valence-electron chi connectivity index (χ4n) is 5.61. The summed E-state index contributed by atoms with van der Waals surface area (Å²) < 4.78 is 46.5. The third-order valence-electron chi connectivity index (χ3n) is 8.46. The van der Waals surface area contributed by atoms with Crippen molar-refractivity contribution in [3.63, 3.8) is 0 Å². The van der Waals surface area contributed by atoms with Crippen LogP contribution in [-0.4, -0.2) is 38.1 Å². The van der Waals surface area contributed by atoms with Crippen LogP contribution in [0, 0.1) is 0 Å². The van der Waals surface area contributed by atoms with E-state index >= 15 is 0 Å². The Kier molecular flexibility index (Phi) is 31.5. The van der Waals surface area contributed by atoms with Crippen LogP contribution >= 0.6 is 0 Å². The van der Waals surface area contributed by atoms with Gasteiger partial charge in [0.25, 0.3) is 0 Å². The first kappa shape index (κ1) is 47.5. The summed E-state index contributed by atoms with van der Waals surface area (Å²) in [6.07, 6.45) is 36.1. The van der Waals surface area contributed by atoms with Crippen molar-refractivity contribution in [2.75, 3.05) is 13.2 Å². The number of unbranched alkanes of at least 4 members (excludes halogenated alkanes) is 20. The van der Waals surface area contributed by atoms with Gasteiger partial charge in [0.05, 0.1) is 29.2 Å². The average molecular weight is 713 g/mol. The van der Waals surface area contributed by atoms with E-state index in [0.29, 0.717) is 12.8 Å². The minimum atomic E-state index is -5.01. The van der Waals surface area contributed by atoms with Crippen LogP contribution in [0.2, 0.25) is 0 Å². The van der Waals surface area contributed by atoms with Crippen LogP contribution in [0.1, 0.15) is 189 Å². The van der Waals surface area contributed by atoms with Crippen molar-refractivity contribution in [2.24, 2.45) is 0 Å². The number of rotatable bonds is 31. The van der Waals surface area contributed by atoms with Crippen molar-refractivity contribution in [3.05, 3.63) is 53.6 Å². The molecule has 1 aromatic carbocycles. The molecule has 1 rings (SSSR count). The van der Waals surface area contributed by atoms with Crippen molar-refractivity contribution in [3.8, 4) is 0 Å².